The summed E-state index contributed by atoms with van der Waals surface area (Å²) >= 11 is 0. The number of piperazine rings is 1. The summed E-state index contributed by atoms with van der Waals surface area (Å²) in [6.45, 7) is 8.82. The Bertz CT molecular complexity index is 1520. The first-order valence-electron chi connectivity index (χ1n) is 13.3. The minimum atomic E-state index is 0.0106. The van der Waals surface area contributed by atoms with Gasteiger partial charge in [0.25, 0.3) is 5.91 Å². The van der Waals surface area contributed by atoms with E-state index < -0.39 is 0 Å². The van der Waals surface area contributed by atoms with Crippen molar-refractivity contribution in [2.75, 3.05) is 43.6 Å². The molecule has 3 heterocycles. The van der Waals surface area contributed by atoms with Crippen molar-refractivity contribution in [1.82, 2.24) is 9.88 Å². The fourth-order valence-electron chi connectivity index (χ4n) is 5.97. The molecule has 4 aromatic rings. The van der Waals surface area contributed by atoms with E-state index >= 15 is 0 Å². The second kappa shape index (κ2) is 9.48. The number of rotatable bonds is 4. The Morgan fingerprint density at radius 2 is 1.76 bits per heavy atom. The van der Waals surface area contributed by atoms with Gasteiger partial charge in [-0.15, -0.1) is 0 Å². The number of anilines is 2. The van der Waals surface area contributed by atoms with Gasteiger partial charge in [0.05, 0.1) is 19.0 Å². The lowest BCUT2D eigenvalue weighted by Crippen LogP contribution is -2.55. The molecule has 0 aliphatic carbocycles. The van der Waals surface area contributed by atoms with E-state index in [1.54, 1.807) is 13.3 Å². The van der Waals surface area contributed by atoms with E-state index in [1.807, 2.05) is 48.2 Å². The lowest BCUT2D eigenvalue weighted by Gasteiger charge is -2.44. The number of methoxy groups -OCH3 is 1. The first kappa shape index (κ1) is 24.5. The number of ether oxygens (including phenoxy) is 1. The summed E-state index contributed by atoms with van der Waals surface area (Å²) in [6.07, 6.45) is 2.55. The molecule has 0 radical (unpaired) electrons. The number of hydrogen-bond donors (Lipinski definition) is 0. The predicted octanol–water partition coefficient (Wildman–Crippen LogP) is 5.54. The summed E-state index contributed by atoms with van der Waals surface area (Å²) in [6, 6.07) is 17.0. The van der Waals surface area contributed by atoms with Crippen LogP contribution >= 0.6 is 0 Å². The van der Waals surface area contributed by atoms with Crippen molar-refractivity contribution in [3.8, 4) is 17.1 Å². The Hall–Kier alpha value is -3.84. The molecule has 7 heteroatoms. The summed E-state index contributed by atoms with van der Waals surface area (Å²) in [5.74, 6) is 2.21. The molecule has 0 bridgehead atoms. The van der Waals surface area contributed by atoms with Gasteiger partial charge < -0.3 is 19.0 Å². The number of carbonyl (C=O) groups excluding carboxylic acids is 1. The zero-order chi connectivity index (χ0) is 26.6. The quantitative estimate of drug-likeness (QED) is 0.359. The zero-order valence-electron chi connectivity index (χ0n) is 22.7. The van der Waals surface area contributed by atoms with Crippen molar-refractivity contribution in [1.29, 1.82) is 0 Å². The van der Waals surface area contributed by atoms with Crippen LogP contribution in [0.5, 0.6) is 5.75 Å². The fraction of sp³-hybridized carbons (Fsp3) is 0.355. The first-order valence-corrected chi connectivity index (χ1v) is 13.3. The molecule has 1 fully saturated rings. The van der Waals surface area contributed by atoms with Crippen molar-refractivity contribution in [3.05, 3.63) is 71.7 Å². The smallest absolute Gasteiger partial charge is 0.258 e. The number of likely N-dealkylation sites (N-methyl/N-ethyl adjacent to an activating group) is 1. The van der Waals surface area contributed by atoms with Crippen LogP contribution in [0.1, 0.15) is 35.7 Å². The van der Waals surface area contributed by atoms with Crippen LogP contribution < -0.4 is 14.5 Å². The van der Waals surface area contributed by atoms with E-state index in [0.717, 1.165) is 58.5 Å². The third-order valence-corrected chi connectivity index (χ3v) is 8.26. The van der Waals surface area contributed by atoms with Crippen molar-refractivity contribution in [2.24, 2.45) is 0 Å². The standard InChI is InChI=1S/C31H34N4O3/c1-19-17-34(18-20(2)33(19)4)28-15-27-22(14-29(28)37-5)12-13-35(27)31(36)26-11-7-8-23-24(26)9-6-10-25(23)30-16-32-21(3)38-30/h6-11,14-16,19-20H,12-13,17-18H2,1-5H3/t19-,20+. The lowest BCUT2D eigenvalue weighted by atomic mass is 9.98. The number of nitrogens with zero attached hydrogens (tertiary/aromatic N) is 4. The molecule has 2 aliphatic heterocycles. The number of aromatic nitrogens is 1. The molecular formula is C31H34N4O3. The summed E-state index contributed by atoms with van der Waals surface area (Å²) in [5, 5.41) is 1.89. The number of fused-ring (bicyclic) bond motifs is 2. The first-order chi connectivity index (χ1) is 18.4. The summed E-state index contributed by atoms with van der Waals surface area (Å²) in [4.78, 5) is 25.1. The predicted molar refractivity (Wildman–Crippen MR) is 151 cm³/mol. The topological polar surface area (TPSA) is 62.1 Å². The molecule has 0 spiro atoms. The van der Waals surface area contributed by atoms with Gasteiger partial charge in [-0.3, -0.25) is 9.69 Å². The van der Waals surface area contributed by atoms with Crippen LogP contribution in [-0.4, -0.2) is 61.7 Å². The van der Waals surface area contributed by atoms with Gasteiger partial charge in [-0.2, -0.15) is 0 Å². The van der Waals surface area contributed by atoms with Crippen molar-refractivity contribution < 1.29 is 13.9 Å². The van der Waals surface area contributed by atoms with Gasteiger partial charge in [-0.1, -0.05) is 30.3 Å². The monoisotopic (exact) mass is 510 g/mol. The van der Waals surface area contributed by atoms with Crippen LogP contribution in [0.25, 0.3) is 22.1 Å². The van der Waals surface area contributed by atoms with Crippen LogP contribution in [0.4, 0.5) is 11.4 Å². The molecule has 38 heavy (non-hydrogen) atoms. The second-order valence-electron chi connectivity index (χ2n) is 10.6. The van der Waals surface area contributed by atoms with E-state index in [2.05, 4.69) is 47.8 Å². The molecule has 1 saturated heterocycles. The normalized spacial score (nSPS) is 19.7. The van der Waals surface area contributed by atoms with Gasteiger partial charge in [0.1, 0.15) is 5.75 Å². The highest BCUT2D eigenvalue weighted by atomic mass is 16.5. The molecular weight excluding hydrogens is 476 g/mol. The molecule has 1 amide bonds. The van der Waals surface area contributed by atoms with Gasteiger partial charge >= 0.3 is 0 Å². The molecule has 7 nitrogen and oxygen atoms in total. The minimum absolute atomic E-state index is 0.0106. The third-order valence-electron chi connectivity index (χ3n) is 8.26. The summed E-state index contributed by atoms with van der Waals surface area (Å²) in [7, 11) is 3.92. The van der Waals surface area contributed by atoms with Gasteiger partial charge in [-0.05, 0) is 61.9 Å². The average Bonchev–Trinajstić information content (AvgIpc) is 3.55. The number of amides is 1. The summed E-state index contributed by atoms with van der Waals surface area (Å²) in [5.41, 5.74) is 4.80. The molecule has 3 aromatic carbocycles. The van der Waals surface area contributed by atoms with Crippen molar-refractivity contribution >= 4 is 28.1 Å². The van der Waals surface area contributed by atoms with Crippen molar-refractivity contribution in [3.63, 3.8) is 0 Å². The highest BCUT2D eigenvalue weighted by Crippen LogP contribution is 2.41. The van der Waals surface area contributed by atoms with E-state index in [9.17, 15) is 4.79 Å². The van der Waals surface area contributed by atoms with Crippen LogP contribution in [0.2, 0.25) is 0 Å². The molecule has 0 saturated carbocycles. The van der Waals surface area contributed by atoms with E-state index in [-0.39, 0.29) is 5.91 Å². The maximum absolute atomic E-state index is 14.1. The second-order valence-corrected chi connectivity index (χ2v) is 10.6. The molecule has 1 aromatic heterocycles. The van der Waals surface area contributed by atoms with E-state index in [1.165, 1.54) is 0 Å². The minimum Gasteiger partial charge on any atom is -0.495 e. The number of carbonyl (C=O) groups is 1. The average molecular weight is 511 g/mol. The van der Waals surface area contributed by atoms with E-state index in [4.69, 9.17) is 9.15 Å². The Morgan fingerprint density at radius 1 is 1.03 bits per heavy atom. The Balaban J connectivity index is 1.39. The zero-order valence-corrected chi connectivity index (χ0v) is 22.7. The largest absolute Gasteiger partial charge is 0.495 e. The van der Waals surface area contributed by atoms with Crippen LogP contribution in [0.3, 0.4) is 0 Å². The molecule has 0 N–H and O–H groups in total. The van der Waals surface area contributed by atoms with Crippen LogP contribution in [0.15, 0.2) is 59.1 Å². The molecule has 196 valence electrons. The molecule has 2 atom stereocenters. The lowest BCUT2D eigenvalue weighted by molar-refractivity contribution is 0.0991. The molecule has 2 aliphatic rings. The van der Waals surface area contributed by atoms with Crippen LogP contribution in [0, 0.1) is 6.92 Å². The van der Waals surface area contributed by atoms with Crippen molar-refractivity contribution in [2.45, 2.75) is 39.3 Å². The SMILES string of the molecule is COc1cc2c(cc1N1C[C@@H](C)N(C)[C@@H](C)C1)N(C(=O)c1cccc3c(-c4cnc(C)o4)cccc13)CC2. The van der Waals surface area contributed by atoms with Gasteiger partial charge in [0, 0.05) is 55.5 Å². The highest BCUT2D eigenvalue weighted by molar-refractivity contribution is 6.16. The Labute approximate surface area is 223 Å². The summed E-state index contributed by atoms with van der Waals surface area (Å²) < 4.78 is 11.7. The fourth-order valence-corrected chi connectivity index (χ4v) is 5.97. The molecule has 0 unspecified atom stereocenters. The van der Waals surface area contributed by atoms with E-state index in [0.29, 0.717) is 35.8 Å². The maximum atomic E-state index is 14.1. The van der Waals surface area contributed by atoms with Gasteiger partial charge in [0.2, 0.25) is 0 Å². The highest BCUT2D eigenvalue weighted by Gasteiger charge is 2.32. The number of aryl methyl sites for hydroxylation is 1. The van der Waals surface area contributed by atoms with Gasteiger partial charge in [-0.25, -0.2) is 4.98 Å². The Kier molecular flexibility index (Phi) is 6.11. The van der Waals surface area contributed by atoms with Crippen LogP contribution in [-0.2, 0) is 6.42 Å². The Morgan fingerprint density at radius 3 is 2.47 bits per heavy atom. The maximum Gasteiger partial charge on any atom is 0.258 e. The third kappa shape index (κ3) is 4.02. The number of benzene rings is 3. The number of oxazole rings is 1. The molecule has 6 rings (SSSR count). The van der Waals surface area contributed by atoms with Gasteiger partial charge in [0.15, 0.2) is 11.7 Å². The number of hydrogen-bond acceptors (Lipinski definition) is 6.